The highest BCUT2D eigenvalue weighted by Gasteiger charge is 2.32. The van der Waals surface area contributed by atoms with E-state index in [1.807, 2.05) is 0 Å². The van der Waals surface area contributed by atoms with Crippen LogP contribution in [0.1, 0.15) is 60.8 Å². The van der Waals surface area contributed by atoms with Gasteiger partial charge in [0.25, 0.3) is 0 Å². The van der Waals surface area contributed by atoms with Crippen molar-refractivity contribution in [2.75, 3.05) is 5.88 Å². The number of halogens is 1. The summed E-state index contributed by atoms with van der Waals surface area (Å²) in [5.74, 6) is 0.731. The lowest BCUT2D eigenvalue weighted by molar-refractivity contribution is -0.0930. The van der Waals surface area contributed by atoms with Gasteiger partial charge < -0.3 is 4.74 Å². The first-order chi connectivity index (χ1) is 6.74. The van der Waals surface area contributed by atoms with Crippen LogP contribution >= 0.6 is 11.6 Å². The fraction of sp³-hybridized carbons (Fsp3) is 1.00. The Hall–Kier alpha value is 0.250. The van der Waals surface area contributed by atoms with Gasteiger partial charge in [-0.15, -0.1) is 11.6 Å². The first kappa shape index (κ1) is 15.2. The van der Waals surface area contributed by atoms with Crippen LogP contribution in [0, 0.1) is 5.41 Å². The quantitative estimate of drug-likeness (QED) is 0.584. The van der Waals surface area contributed by atoms with Crippen LogP contribution in [0.3, 0.4) is 0 Å². The van der Waals surface area contributed by atoms with Gasteiger partial charge in [0.2, 0.25) is 0 Å². The first-order valence-electron chi connectivity index (χ1n) is 5.98. The second-order valence-corrected chi connectivity index (χ2v) is 6.13. The van der Waals surface area contributed by atoms with Gasteiger partial charge >= 0.3 is 0 Å². The summed E-state index contributed by atoms with van der Waals surface area (Å²) in [6, 6.07) is 0. The molecule has 0 aromatic carbocycles. The van der Waals surface area contributed by atoms with Crippen LogP contribution in [0.4, 0.5) is 0 Å². The molecule has 0 saturated carbocycles. The van der Waals surface area contributed by atoms with Gasteiger partial charge in [-0.2, -0.15) is 0 Å². The SMILES string of the molecule is CCC(C)(CC(C)(C)CCCl)OC(C)C. The zero-order valence-corrected chi connectivity index (χ0v) is 11.9. The summed E-state index contributed by atoms with van der Waals surface area (Å²) in [6.07, 6.45) is 3.46. The monoisotopic (exact) mass is 234 g/mol. The molecule has 1 nitrogen and oxygen atoms in total. The van der Waals surface area contributed by atoms with E-state index in [-0.39, 0.29) is 11.0 Å². The molecule has 0 saturated heterocycles. The average Bonchev–Trinajstić information content (AvgIpc) is 2.01. The van der Waals surface area contributed by atoms with Gasteiger partial charge in [0, 0.05) is 5.88 Å². The van der Waals surface area contributed by atoms with Gasteiger partial charge in [-0.05, 0) is 45.4 Å². The van der Waals surface area contributed by atoms with E-state index in [0.717, 1.165) is 25.1 Å². The summed E-state index contributed by atoms with van der Waals surface area (Å²) in [5, 5.41) is 0. The molecule has 0 aromatic rings. The molecule has 0 rings (SSSR count). The molecule has 0 N–H and O–H groups in total. The lowest BCUT2D eigenvalue weighted by Crippen LogP contribution is -2.36. The Morgan fingerprint density at radius 3 is 2.07 bits per heavy atom. The molecule has 0 heterocycles. The summed E-state index contributed by atoms with van der Waals surface area (Å²) in [6.45, 7) is 13.1. The summed E-state index contributed by atoms with van der Waals surface area (Å²) in [5.41, 5.74) is 0.255. The minimum atomic E-state index is -0.0102. The van der Waals surface area contributed by atoms with Gasteiger partial charge in [-0.1, -0.05) is 20.8 Å². The van der Waals surface area contributed by atoms with Crippen molar-refractivity contribution in [1.29, 1.82) is 0 Å². The third kappa shape index (κ3) is 6.42. The standard InChI is InChI=1S/C13H27ClO/c1-7-13(6,15-11(2)3)10-12(4,5)8-9-14/h11H,7-10H2,1-6H3. The van der Waals surface area contributed by atoms with Gasteiger partial charge in [-0.25, -0.2) is 0 Å². The van der Waals surface area contributed by atoms with E-state index in [4.69, 9.17) is 16.3 Å². The maximum atomic E-state index is 6.03. The highest BCUT2D eigenvalue weighted by Crippen LogP contribution is 2.36. The zero-order valence-electron chi connectivity index (χ0n) is 11.2. The number of ether oxygens (including phenoxy) is 1. The van der Waals surface area contributed by atoms with E-state index in [1.54, 1.807) is 0 Å². The topological polar surface area (TPSA) is 9.23 Å². The van der Waals surface area contributed by atoms with Crippen molar-refractivity contribution in [1.82, 2.24) is 0 Å². The second-order valence-electron chi connectivity index (χ2n) is 5.75. The van der Waals surface area contributed by atoms with Crippen molar-refractivity contribution >= 4 is 11.6 Å². The average molecular weight is 235 g/mol. The summed E-state index contributed by atoms with van der Waals surface area (Å²) in [7, 11) is 0. The molecule has 1 unspecified atom stereocenters. The fourth-order valence-corrected chi connectivity index (χ4v) is 2.69. The molecule has 0 aliphatic rings. The third-order valence-corrected chi connectivity index (χ3v) is 3.08. The molecule has 0 aromatic heterocycles. The molecule has 92 valence electrons. The van der Waals surface area contributed by atoms with E-state index in [9.17, 15) is 0 Å². The van der Waals surface area contributed by atoms with E-state index in [1.165, 1.54) is 0 Å². The van der Waals surface area contributed by atoms with Crippen molar-refractivity contribution in [3.63, 3.8) is 0 Å². The Kier molecular flexibility index (Phi) is 6.20. The molecule has 15 heavy (non-hydrogen) atoms. The molecule has 0 amide bonds. The third-order valence-electron chi connectivity index (χ3n) is 2.89. The first-order valence-corrected chi connectivity index (χ1v) is 6.52. The maximum Gasteiger partial charge on any atom is 0.0660 e. The van der Waals surface area contributed by atoms with Crippen LogP contribution in [-0.2, 0) is 4.74 Å². The van der Waals surface area contributed by atoms with Gasteiger partial charge in [0.1, 0.15) is 0 Å². The number of hydrogen-bond acceptors (Lipinski definition) is 1. The fourth-order valence-electron chi connectivity index (χ4n) is 2.18. The molecule has 0 radical (unpaired) electrons. The van der Waals surface area contributed by atoms with Crippen molar-refractivity contribution in [3.05, 3.63) is 0 Å². The lowest BCUT2D eigenvalue weighted by Gasteiger charge is -2.38. The van der Waals surface area contributed by atoms with Gasteiger partial charge in [-0.3, -0.25) is 0 Å². The Balaban J connectivity index is 4.41. The summed E-state index contributed by atoms with van der Waals surface area (Å²) in [4.78, 5) is 0. The molecule has 0 aliphatic carbocycles. The van der Waals surface area contributed by atoms with Crippen LogP contribution in [0.25, 0.3) is 0 Å². The molecular formula is C13H27ClO. The van der Waals surface area contributed by atoms with E-state index in [0.29, 0.717) is 6.10 Å². The van der Waals surface area contributed by atoms with Gasteiger partial charge in [0.05, 0.1) is 11.7 Å². The molecule has 0 bridgehead atoms. The molecule has 1 atom stereocenters. The highest BCUT2D eigenvalue weighted by molar-refractivity contribution is 6.17. The van der Waals surface area contributed by atoms with E-state index in [2.05, 4.69) is 41.5 Å². The molecule has 0 spiro atoms. The highest BCUT2D eigenvalue weighted by atomic mass is 35.5. The Morgan fingerprint density at radius 2 is 1.73 bits per heavy atom. The van der Waals surface area contributed by atoms with Gasteiger partial charge in [0.15, 0.2) is 0 Å². The molecule has 2 heteroatoms. The predicted molar refractivity (Wildman–Crippen MR) is 68.7 cm³/mol. The molecule has 0 aliphatic heterocycles. The molecular weight excluding hydrogens is 208 g/mol. The largest absolute Gasteiger partial charge is 0.373 e. The lowest BCUT2D eigenvalue weighted by atomic mass is 9.78. The predicted octanol–water partition coefficient (Wildman–Crippen LogP) is 4.63. The minimum absolute atomic E-state index is 0.0102. The smallest absolute Gasteiger partial charge is 0.0660 e. The normalized spacial score (nSPS) is 16.8. The zero-order chi connectivity index (χ0) is 12.1. The minimum Gasteiger partial charge on any atom is -0.373 e. The maximum absolute atomic E-state index is 6.03. The number of rotatable bonds is 7. The van der Waals surface area contributed by atoms with Crippen molar-refractivity contribution in [2.24, 2.45) is 5.41 Å². The number of alkyl halides is 1. The Labute approximate surface area is 101 Å². The van der Waals surface area contributed by atoms with Crippen LogP contribution in [0.2, 0.25) is 0 Å². The van der Waals surface area contributed by atoms with Crippen molar-refractivity contribution < 1.29 is 4.74 Å². The summed E-state index contributed by atoms with van der Waals surface area (Å²) < 4.78 is 6.03. The van der Waals surface area contributed by atoms with Crippen LogP contribution in [0.15, 0.2) is 0 Å². The Bertz CT molecular complexity index is 177. The van der Waals surface area contributed by atoms with E-state index >= 15 is 0 Å². The van der Waals surface area contributed by atoms with Crippen molar-refractivity contribution in [2.45, 2.75) is 72.5 Å². The Morgan fingerprint density at radius 1 is 1.20 bits per heavy atom. The summed E-state index contributed by atoms with van der Waals surface area (Å²) >= 11 is 5.82. The van der Waals surface area contributed by atoms with Crippen LogP contribution < -0.4 is 0 Å². The second kappa shape index (κ2) is 6.10. The van der Waals surface area contributed by atoms with Crippen LogP contribution in [-0.4, -0.2) is 17.6 Å². The van der Waals surface area contributed by atoms with Crippen molar-refractivity contribution in [3.8, 4) is 0 Å². The number of hydrogen-bond donors (Lipinski definition) is 0. The molecule has 0 fully saturated rings. The van der Waals surface area contributed by atoms with E-state index < -0.39 is 0 Å². The van der Waals surface area contributed by atoms with Crippen LogP contribution in [0.5, 0.6) is 0 Å².